The molecule has 1 aromatic carbocycles. The van der Waals surface area contributed by atoms with Crippen LogP contribution < -0.4 is 5.32 Å². The van der Waals surface area contributed by atoms with Gasteiger partial charge in [-0.3, -0.25) is 0 Å². The van der Waals surface area contributed by atoms with Crippen LogP contribution in [0.3, 0.4) is 0 Å². The van der Waals surface area contributed by atoms with Crippen LogP contribution in [-0.2, 0) is 0 Å². The van der Waals surface area contributed by atoms with Crippen LogP contribution in [0.2, 0.25) is 5.02 Å². The number of hydrogen-bond donors (Lipinski definition) is 1. The Morgan fingerprint density at radius 2 is 2.16 bits per heavy atom. The van der Waals surface area contributed by atoms with Gasteiger partial charge in [0.15, 0.2) is 10.3 Å². The van der Waals surface area contributed by atoms with Crippen molar-refractivity contribution < 1.29 is 8.83 Å². The molecule has 19 heavy (non-hydrogen) atoms. The predicted octanol–water partition coefficient (Wildman–Crippen LogP) is 4.75. The molecule has 0 saturated heterocycles. The average Bonchev–Trinajstić information content (AvgIpc) is 2.99. The fourth-order valence-corrected chi connectivity index (χ4v) is 2.84. The Bertz CT molecular complexity index is 719. The van der Waals surface area contributed by atoms with Gasteiger partial charge < -0.3 is 14.2 Å². The molecule has 0 amide bonds. The Morgan fingerprint density at radius 3 is 2.79 bits per heavy atom. The third kappa shape index (κ3) is 2.20. The van der Waals surface area contributed by atoms with Crippen molar-refractivity contribution in [2.75, 3.05) is 7.05 Å². The SMILES string of the molecule is CNC(c1cc2cccc(Cl)c2o1)c1ccoc1Br. The number of furan rings is 2. The summed E-state index contributed by atoms with van der Waals surface area (Å²) in [6.45, 7) is 0. The second kappa shape index (κ2) is 5.04. The standard InChI is InChI=1S/C14H11BrClNO2/c1-17-12(9-5-6-18-14(9)15)11-7-8-3-2-4-10(16)13(8)19-11/h2-7,12,17H,1H3. The molecule has 0 saturated carbocycles. The summed E-state index contributed by atoms with van der Waals surface area (Å²) in [4.78, 5) is 0. The van der Waals surface area contributed by atoms with E-state index in [2.05, 4.69) is 21.2 Å². The first kappa shape index (κ1) is 12.8. The van der Waals surface area contributed by atoms with Gasteiger partial charge in [-0.25, -0.2) is 0 Å². The minimum Gasteiger partial charge on any atom is -0.457 e. The van der Waals surface area contributed by atoms with Crippen molar-refractivity contribution in [2.24, 2.45) is 0 Å². The Morgan fingerprint density at radius 1 is 1.32 bits per heavy atom. The zero-order valence-corrected chi connectivity index (χ0v) is 12.5. The minimum atomic E-state index is -0.0865. The van der Waals surface area contributed by atoms with Crippen LogP contribution in [0.25, 0.3) is 11.0 Å². The van der Waals surface area contributed by atoms with Crippen LogP contribution in [0.4, 0.5) is 0 Å². The van der Waals surface area contributed by atoms with Gasteiger partial charge in [-0.05, 0) is 41.2 Å². The van der Waals surface area contributed by atoms with E-state index in [-0.39, 0.29) is 6.04 Å². The maximum absolute atomic E-state index is 6.13. The van der Waals surface area contributed by atoms with Crippen LogP contribution in [-0.4, -0.2) is 7.05 Å². The van der Waals surface area contributed by atoms with Crippen molar-refractivity contribution >= 4 is 38.5 Å². The number of benzene rings is 1. The van der Waals surface area contributed by atoms with Crippen LogP contribution in [0.5, 0.6) is 0 Å². The summed E-state index contributed by atoms with van der Waals surface area (Å²) in [5.41, 5.74) is 1.69. The molecule has 3 rings (SSSR count). The third-order valence-corrected chi connectivity index (χ3v) is 3.99. The molecular formula is C14H11BrClNO2. The fourth-order valence-electron chi connectivity index (χ4n) is 2.15. The molecule has 0 fully saturated rings. The molecule has 0 aliphatic rings. The first-order valence-electron chi connectivity index (χ1n) is 5.79. The molecule has 0 bridgehead atoms. The van der Waals surface area contributed by atoms with E-state index in [9.17, 15) is 0 Å². The second-order valence-electron chi connectivity index (χ2n) is 4.18. The quantitative estimate of drug-likeness (QED) is 0.747. The highest BCUT2D eigenvalue weighted by Crippen LogP contribution is 2.34. The zero-order valence-electron chi connectivity index (χ0n) is 10.1. The monoisotopic (exact) mass is 339 g/mol. The lowest BCUT2D eigenvalue weighted by molar-refractivity contribution is 0.479. The maximum atomic E-state index is 6.13. The van der Waals surface area contributed by atoms with Gasteiger partial charge in [0, 0.05) is 10.9 Å². The van der Waals surface area contributed by atoms with Crippen molar-refractivity contribution in [3.05, 3.63) is 57.6 Å². The molecule has 0 aliphatic carbocycles. The van der Waals surface area contributed by atoms with E-state index in [1.165, 1.54) is 0 Å². The van der Waals surface area contributed by atoms with E-state index in [4.69, 9.17) is 20.4 Å². The number of hydrogen-bond acceptors (Lipinski definition) is 3. The van der Waals surface area contributed by atoms with Gasteiger partial charge in [-0.15, -0.1) is 0 Å². The smallest absolute Gasteiger partial charge is 0.174 e. The van der Waals surface area contributed by atoms with Crippen LogP contribution in [0, 0.1) is 0 Å². The Balaban J connectivity index is 2.12. The number of nitrogens with one attached hydrogen (secondary N) is 1. The van der Waals surface area contributed by atoms with E-state index >= 15 is 0 Å². The zero-order chi connectivity index (χ0) is 13.4. The van der Waals surface area contributed by atoms with Gasteiger partial charge in [-0.2, -0.15) is 0 Å². The number of halogens is 2. The fraction of sp³-hybridized carbons (Fsp3) is 0.143. The maximum Gasteiger partial charge on any atom is 0.174 e. The molecule has 3 nitrogen and oxygen atoms in total. The van der Waals surface area contributed by atoms with Crippen LogP contribution in [0.1, 0.15) is 17.4 Å². The summed E-state index contributed by atoms with van der Waals surface area (Å²) in [6.07, 6.45) is 1.64. The number of fused-ring (bicyclic) bond motifs is 1. The first-order valence-corrected chi connectivity index (χ1v) is 6.96. The highest BCUT2D eigenvalue weighted by Gasteiger charge is 2.21. The Hall–Kier alpha value is -1.23. The lowest BCUT2D eigenvalue weighted by atomic mass is 10.1. The summed E-state index contributed by atoms with van der Waals surface area (Å²) in [6, 6.07) is 9.51. The van der Waals surface area contributed by atoms with Gasteiger partial charge in [-0.1, -0.05) is 23.7 Å². The lowest BCUT2D eigenvalue weighted by Gasteiger charge is -2.11. The van der Waals surface area contributed by atoms with E-state index in [0.29, 0.717) is 15.3 Å². The average molecular weight is 341 g/mol. The molecule has 1 unspecified atom stereocenters. The molecule has 3 aromatic rings. The second-order valence-corrected chi connectivity index (χ2v) is 5.31. The Kier molecular flexibility index (Phi) is 3.39. The molecule has 2 heterocycles. The molecule has 98 valence electrons. The molecule has 0 spiro atoms. The highest BCUT2D eigenvalue weighted by molar-refractivity contribution is 9.10. The summed E-state index contributed by atoms with van der Waals surface area (Å²) in [5, 5.41) is 4.82. The first-order chi connectivity index (χ1) is 9.20. The molecule has 1 N–H and O–H groups in total. The molecule has 0 aliphatic heterocycles. The van der Waals surface area contributed by atoms with Gasteiger partial charge in [0.2, 0.25) is 0 Å². The topological polar surface area (TPSA) is 38.3 Å². The third-order valence-electron chi connectivity index (χ3n) is 3.05. The number of para-hydroxylation sites is 1. The van der Waals surface area contributed by atoms with Crippen LogP contribution >= 0.6 is 27.5 Å². The highest BCUT2D eigenvalue weighted by atomic mass is 79.9. The predicted molar refractivity (Wildman–Crippen MR) is 78.5 cm³/mol. The van der Waals surface area contributed by atoms with Gasteiger partial charge >= 0.3 is 0 Å². The molecule has 0 radical (unpaired) electrons. The Labute approximate surface area is 123 Å². The van der Waals surface area contributed by atoms with Crippen LogP contribution in [0.15, 0.2) is 50.1 Å². The largest absolute Gasteiger partial charge is 0.457 e. The molecule has 1 atom stereocenters. The van der Waals surface area contributed by atoms with E-state index in [1.54, 1.807) is 6.26 Å². The molecule has 2 aromatic heterocycles. The minimum absolute atomic E-state index is 0.0865. The van der Waals surface area contributed by atoms with E-state index in [1.807, 2.05) is 37.4 Å². The normalized spacial score (nSPS) is 13.0. The summed E-state index contributed by atoms with van der Waals surface area (Å²) < 4.78 is 11.8. The summed E-state index contributed by atoms with van der Waals surface area (Å²) >= 11 is 9.52. The van der Waals surface area contributed by atoms with Crippen molar-refractivity contribution in [2.45, 2.75) is 6.04 Å². The number of rotatable bonds is 3. The summed E-state index contributed by atoms with van der Waals surface area (Å²) in [5.74, 6) is 0.799. The van der Waals surface area contributed by atoms with Crippen molar-refractivity contribution in [3.63, 3.8) is 0 Å². The van der Waals surface area contributed by atoms with Crippen molar-refractivity contribution in [3.8, 4) is 0 Å². The summed E-state index contributed by atoms with van der Waals surface area (Å²) in [7, 11) is 1.87. The molecular weight excluding hydrogens is 330 g/mol. The van der Waals surface area contributed by atoms with Gasteiger partial charge in [0.1, 0.15) is 5.76 Å². The van der Waals surface area contributed by atoms with Gasteiger partial charge in [0.05, 0.1) is 17.3 Å². The van der Waals surface area contributed by atoms with E-state index in [0.717, 1.165) is 16.7 Å². The molecule has 5 heteroatoms. The van der Waals surface area contributed by atoms with Gasteiger partial charge in [0.25, 0.3) is 0 Å². The van der Waals surface area contributed by atoms with Crippen molar-refractivity contribution in [1.29, 1.82) is 0 Å². The van der Waals surface area contributed by atoms with Crippen molar-refractivity contribution in [1.82, 2.24) is 5.32 Å². The van der Waals surface area contributed by atoms with E-state index < -0.39 is 0 Å². The lowest BCUT2D eigenvalue weighted by Crippen LogP contribution is -2.16.